The number of nitrogens with one attached hydrogen (secondary N) is 1. The van der Waals surface area contributed by atoms with Gasteiger partial charge in [-0.15, -0.1) is 15.3 Å². The normalized spacial score (nSPS) is 10.9. The van der Waals surface area contributed by atoms with Crippen LogP contribution in [0.15, 0.2) is 29.1 Å². The van der Waals surface area contributed by atoms with E-state index in [2.05, 4.69) is 32.7 Å². The molecular weight excluding hydrogens is 288 g/mol. The van der Waals surface area contributed by atoms with Crippen LogP contribution in [0, 0.1) is 0 Å². The molecule has 2 heterocycles. The third-order valence-electron chi connectivity index (χ3n) is 2.91. The summed E-state index contributed by atoms with van der Waals surface area (Å²) >= 11 is 1.42. The minimum Gasteiger partial charge on any atom is -0.360 e. The summed E-state index contributed by atoms with van der Waals surface area (Å²) in [5.74, 6) is 0. The Morgan fingerprint density at radius 2 is 2.10 bits per heavy atom. The largest absolute Gasteiger partial charge is 0.360 e. The fourth-order valence-electron chi connectivity index (χ4n) is 1.88. The molecule has 1 aromatic carbocycles. The van der Waals surface area contributed by atoms with Crippen LogP contribution >= 0.6 is 11.3 Å². The van der Waals surface area contributed by atoms with Crippen molar-refractivity contribution >= 4 is 27.4 Å². The molecule has 3 rings (SSSR count). The van der Waals surface area contributed by atoms with Gasteiger partial charge in [-0.25, -0.2) is 4.68 Å². The van der Waals surface area contributed by atoms with E-state index in [1.165, 1.54) is 16.0 Å². The molecule has 0 spiro atoms. The highest BCUT2D eigenvalue weighted by atomic mass is 32.1. The van der Waals surface area contributed by atoms with Gasteiger partial charge in [0, 0.05) is 6.54 Å². The second-order valence-electron chi connectivity index (χ2n) is 4.50. The van der Waals surface area contributed by atoms with Crippen LogP contribution in [0.5, 0.6) is 0 Å². The van der Waals surface area contributed by atoms with Crippen molar-refractivity contribution in [3.63, 3.8) is 0 Å². The number of nitrogens with zero attached hydrogens (tertiary/aromatic N) is 5. The van der Waals surface area contributed by atoms with Crippen LogP contribution in [0.2, 0.25) is 0 Å². The summed E-state index contributed by atoms with van der Waals surface area (Å²) in [6, 6.07) is 7.16. The summed E-state index contributed by atoms with van der Waals surface area (Å²) in [5.41, 5.74) is 0.431. The highest BCUT2D eigenvalue weighted by Gasteiger charge is 2.09. The van der Waals surface area contributed by atoms with Crippen LogP contribution in [0.1, 0.15) is 18.4 Å². The summed E-state index contributed by atoms with van der Waals surface area (Å²) < 4.78 is 1.31. The Labute approximate surface area is 124 Å². The molecule has 0 saturated heterocycles. The highest BCUT2D eigenvalue weighted by molar-refractivity contribution is 7.15. The maximum Gasteiger partial charge on any atom is 0.278 e. The van der Waals surface area contributed by atoms with Gasteiger partial charge in [-0.2, -0.15) is 0 Å². The van der Waals surface area contributed by atoms with Gasteiger partial charge in [0.15, 0.2) is 0 Å². The Morgan fingerprint density at radius 1 is 1.24 bits per heavy atom. The van der Waals surface area contributed by atoms with E-state index < -0.39 is 0 Å². The molecule has 3 aromatic rings. The van der Waals surface area contributed by atoms with Gasteiger partial charge in [0.25, 0.3) is 5.56 Å². The number of rotatable bonds is 5. The molecule has 0 saturated carbocycles. The zero-order valence-corrected chi connectivity index (χ0v) is 12.3. The lowest BCUT2D eigenvalue weighted by Crippen LogP contribution is -2.24. The summed E-state index contributed by atoms with van der Waals surface area (Å²) in [7, 11) is 0. The second-order valence-corrected chi connectivity index (χ2v) is 5.56. The average Bonchev–Trinajstić information content (AvgIpc) is 2.96. The van der Waals surface area contributed by atoms with Crippen LogP contribution < -0.4 is 10.9 Å². The molecule has 0 aliphatic heterocycles. The smallest absolute Gasteiger partial charge is 0.278 e. The molecule has 0 fully saturated rings. The van der Waals surface area contributed by atoms with E-state index in [1.54, 1.807) is 12.1 Å². The topological polar surface area (TPSA) is 85.6 Å². The minimum atomic E-state index is -0.168. The first-order chi connectivity index (χ1) is 10.3. The Balaban J connectivity index is 1.86. The molecular formula is C13H14N6OS. The van der Waals surface area contributed by atoms with E-state index in [0.29, 0.717) is 10.9 Å². The Morgan fingerprint density at radius 3 is 2.95 bits per heavy atom. The van der Waals surface area contributed by atoms with Gasteiger partial charge in [0.05, 0.1) is 5.39 Å². The number of fused-ring (bicyclic) bond motifs is 1. The Hall–Kier alpha value is -2.35. The van der Waals surface area contributed by atoms with E-state index in [0.717, 1.165) is 23.1 Å². The molecule has 0 bridgehead atoms. The van der Waals surface area contributed by atoms with Crippen molar-refractivity contribution in [2.45, 2.75) is 19.9 Å². The number of anilines is 1. The van der Waals surface area contributed by atoms with Crippen LogP contribution in [-0.2, 0) is 6.54 Å². The molecule has 7 nitrogen and oxygen atoms in total. The van der Waals surface area contributed by atoms with Crippen LogP contribution in [0.4, 0.5) is 5.13 Å². The van der Waals surface area contributed by atoms with Crippen molar-refractivity contribution in [3.05, 3.63) is 39.6 Å². The molecule has 0 amide bonds. The number of hydrogen-bond acceptors (Lipinski definition) is 7. The molecule has 0 aliphatic carbocycles. The molecule has 2 aromatic heterocycles. The molecule has 108 valence electrons. The Bertz CT molecular complexity index is 812. The van der Waals surface area contributed by atoms with E-state index in [1.807, 2.05) is 12.1 Å². The number of hydrogen-bond donors (Lipinski definition) is 1. The molecule has 0 radical (unpaired) electrons. The third-order valence-corrected chi connectivity index (χ3v) is 3.77. The fraction of sp³-hybridized carbons (Fsp3) is 0.308. The first-order valence-electron chi connectivity index (χ1n) is 6.66. The zero-order valence-electron chi connectivity index (χ0n) is 11.5. The molecule has 0 unspecified atom stereocenters. The molecule has 0 atom stereocenters. The van der Waals surface area contributed by atoms with Crippen LogP contribution in [0.3, 0.4) is 0 Å². The average molecular weight is 302 g/mol. The highest BCUT2D eigenvalue weighted by Crippen LogP contribution is 2.15. The number of benzene rings is 1. The predicted octanol–water partition coefficient (Wildman–Crippen LogP) is 1.51. The van der Waals surface area contributed by atoms with E-state index in [-0.39, 0.29) is 12.1 Å². The second kappa shape index (κ2) is 5.96. The van der Waals surface area contributed by atoms with Crippen molar-refractivity contribution in [3.8, 4) is 0 Å². The van der Waals surface area contributed by atoms with Gasteiger partial charge < -0.3 is 5.32 Å². The lowest BCUT2D eigenvalue weighted by Gasteiger charge is -2.01. The standard InChI is InChI=1S/C13H14N6OS/c1-2-7-14-13-17-16-11(21-13)8-19-12(20)9-5-3-4-6-10(9)15-18-19/h3-6H,2,7-8H2,1H3,(H,14,17). The van der Waals surface area contributed by atoms with Crippen molar-refractivity contribution in [1.82, 2.24) is 25.2 Å². The quantitative estimate of drug-likeness (QED) is 0.769. The van der Waals surface area contributed by atoms with Crippen molar-refractivity contribution in [2.24, 2.45) is 0 Å². The first-order valence-corrected chi connectivity index (χ1v) is 7.48. The Kier molecular flexibility index (Phi) is 3.87. The van der Waals surface area contributed by atoms with Gasteiger partial charge in [-0.1, -0.05) is 35.6 Å². The summed E-state index contributed by atoms with van der Waals surface area (Å²) in [6.45, 7) is 3.21. The third kappa shape index (κ3) is 2.89. The van der Waals surface area contributed by atoms with Crippen LogP contribution in [0.25, 0.3) is 10.9 Å². The van der Waals surface area contributed by atoms with Gasteiger partial charge in [-0.05, 0) is 18.6 Å². The molecule has 8 heteroatoms. The van der Waals surface area contributed by atoms with E-state index in [9.17, 15) is 4.79 Å². The van der Waals surface area contributed by atoms with Crippen molar-refractivity contribution in [2.75, 3.05) is 11.9 Å². The van der Waals surface area contributed by atoms with E-state index >= 15 is 0 Å². The maximum atomic E-state index is 12.3. The van der Waals surface area contributed by atoms with Gasteiger partial charge >= 0.3 is 0 Å². The number of aromatic nitrogens is 5. The molecule has 0 aliphatic rings. The van der Waals surface area contributed by atoms with Gasteiger partial charge in [-0.3, -0.25) is 4.79 Å². The molecule has 21 heavy (non-hydrogen) atoms. The monoisotopic (exact) mass is 302 g/mol. The first kappa shape index (κ1) is 13.6. The summed E-state index contributed by atoms with van der Waals surface area (Å²) in [5, 5.41) is 21.3. The molecule has 1 N–H and O–H groups in total. The van der Waals surface area contributed by atoms with Crippen molar-refractivity contribution < 1.29 is 0 Å². The fourth-order valence-corrected chi connectivity index (χ4v) is 2.62. The minimum absolute atomic E-state index is 0.168. The lowest BCUT2D eigenvalue weighted by molar-refractivity contribution is 0.596. The van der Waals surface area contributed by atoms with Gasteiger partial charge in [0.2, 0.25) is 5.13 Å². The predicted molar refractivity (Wildman–Crippen MR) is 81.6 cm³/mol. The van der Waals surface area contributed by atoms with Crippen molar-refractivity contribution in [1.29, 1.82) is 0 Å². The van der Waals surface area contributed by atoms with Gasteiger partial charge in [0.1, 0.15) is 17.1 Å². The van der Waals surface area contributed by atoms with E-state index in [4.69, 9.17) is 0 Å². The summed E-state index contributed by atoms with van der Waals surface area (Å²) in [6.07, 6.45) is 1.02. The zero-order chi connectivity index (χ0) is 14.7. The lowest BCUT2D eigenvalue weighted by atomic mass is 10.2. The summed E-state index contributed by atoms with van der Waals surface area (Å²) in [4.78, 5) is 12.3. The van der Waals surface area contributed by atoms with Crippen LogP contribution in [-0.4, -0.2) is 31.7 Å². The maximum absolute atomic E-state index is 12.3. The SMILES string of the molecule is CCCNc1nnc(Cn2nnc3ccccc3c2=O)s1.